The molecule has 0 aromatic rings. The lowest BCUT2D eigenvalue weighted by Crippen LogP contribution is -2.10. The number of halogens is 1. The molecule has 1 unspecified atom stereocenters. The summed E-state index contributed by atoms with van der Waals surface area (Å²) in [6.45, 7) is 6.44. The third-order valence-corrected chi connectivity index (χ3v) is 2.65. The molecule has 0 saturated heterocycles. The van der Waals surface area contributed by atoms with E-state index < -0.39 is 0 Å². The Balaban J connectivity index is 3.07. The van der Waals surface area contributed by atoms with Crippen molar-refractivity contribution in [2.24, 2.45) is 5.92 Å². The van der Waals surface area contributed by atoms with Crippen LogP contribution in [0.5, 0.6) is 0 Å². The Bertz CT molecular complexity index is 107. The molecule has 0 aromatic heterocycles. The molecule has 80 valence electrons. The van der Waals surface area contributed by atoms with E-state index in [1.807, 2.05) is 0 Å². The van der Waals surface area contributed by atoms with E-state index in [2.05, 4.69) is 13.8 Å². The Labute approximate surface area is 86.6 Å². The van der Waals surface area contributed by atoms with Crippen molar-refractivity contribution in [3.63, 3.8) is 0 Å². The number of hydrogen-bond acceptors (Lipinski definition) is 2. The fourth-order valence-electron chi connectivity index (χ4n) is 0.958. The lowest BCUT2D eigenvalue weighted by molar-refractivity contribution is 0.0684. The van der Waals surface area contributed by atoms with Gasteiger partial charge in [-0.05, 0) is 18.8 Å². The second kappa shape index (κ2) is 8.79. The van der Waals surface area contributed by atoms with E-state index in [0.717, 1.165) is 19.4 Å². The highest BCUT2D eigenvalue weighted by Crippen LogP contribution is 2.14. The Morgan fingerprint density at radius 3 is 2.38 bits per heavy atom. The SMILES string of the molecule is COCCOCCCC(Cl)C(C)C. The minimum atomic E-state index is 0.283. The fourth-order valence-corrected chi connectivity index (χ4v) is 1.11. The topological polar surface area (TPSA) is 18.5 Å². The van der Waals surface area contributed by atoms with Crippen molar-refractivity contribution in [1.29, 1.82) is 0 Å². The van der Waals surface area contributed by atoms with Gasteiger partial charge in [-0.1, -0.05) is 13.8 Å². The maximum absolute atomic E-state index is 6.08. The standard InChI is InChI=1S/C10H21ClO2/c1-9(2)10(11)5-4-6-13-8-7-12-3/h9-10H,4-8H2,1-3H3. The van der Waals surface area contributed by atoms with Crippen LogP contribution in [0.4, 0.5) is 0 Å². The third-order valence-electron chi connectivity index (χ3n) is 1.92. The molecular formula is C10H21ClO2. The monoisotopic (exact) mass is 208 g/mol. The van der Waals surface area contributed by atoms with E-state index in [1.165, 1.54) is 0 Å². The summed E-state index contributed by atoms with van der Waals surface area (Å²) >= 11 is 6.08. The first-order valence-corrected chi connectivity index (χ1v) is 5.33. The van der Waals surface area contributed by atoms with E-state index in [9.17, 15) is 0 Å². The number of rotatable bonds is 8. The normalized spacial score (nSPS) is 13.6. The van der Waals surface area contributed by atoms with Crippen LogP contribution in [-0.4, -0.2) is 32.3 Å². The minimum Gasteiger partial charge on any atom is -0.382 e. The summed E-state index contributed by atoms with van der Waals surface area (Å²) in [5.41, 5.74) is 0. The summed E-state index contributed by atoms with van der Waals surface area (Å²) in [7, 11) is 1.68. The van der Waals surface area contributed by atoms with E-state index in [1.54, 1.807) is 7.11 Å². The molecule has 0 spiro atoms. The van der Waals surface area contributed by atoms with Crippen LogP contribution in [0.1, 0.15) is 26.7 Å². The molecule has 1 atom stereocenters. The van der Waals surface area contributed by atoms with Gasteiger partial charge in [0.05, 0.1) is 13.2 Å². The zero-order chi connectivity index (χ0) is 10.1. The molecule has 0 saturated carbocycles. The second-order valence-corrected chi connectivity index (χ2v) is 4.07. The molecular weight excluding hydrogens is 188 g/mol. The largest absolute Gasteiger partial charge is 0.382 e. The van der Waals surface area contributed by atoms with Crippen LogP contribution in [-0.2, 0) is 9.47 Å². The highest BCUT2D eigenvalue weighted by molar-refractivity contribution is 6.20. The predicted octanol–water partition coefficient (Wildman–Crippen LogP) is 2.69. The van der Waals surface area contributed by atoms with Gasteiger partial charge in [-0.25, -0.2) is 0 Å². The molecule has 2 nitrogen and oxygen atoms in total. The quantitative estimate of drug-likeness (QED) is 0.451. The van der Waals surface area contributed by atoms with Crippen LogP contribution in [0, 0.1) is 5.92 Å². The molecule has 3 heteroatoms. The Morgan fingerprint density at radius 1 is 1.15 bits per heavy atom. The van der Waals surface area contributed by atoms with E-state index >= 15 is 0 Å². The molecule has 0 aliphatic carbocycles. The average Bonchev–Trinajstić information content (AvgIpc) is 2.10. The number of ether oxygens (including phenoxy) is 2. The maximum Gasteiger partial charge on any atom is 0.0700 e. The molecule has 0 rings (SSSR count). The molecule has 0 aliphatic heterocycles. The van der Waals surface area contributed by atoms with E-state index in [0.29, 0.717) is 19.1 Å². The number of hydrogen-bond donors (Lipinski definition) is 0. The van der Waals surface area contributed by atoms with Crippen LogP contribution in [0.3, 0.4) is 0 Å². The van der Waals surface area contributed by atoms with Gasteiger partial charge >= 0.3 is 0 Å². The summed E-state index contributed by atoms with van der Waals surface area (Å²) in [5.74, 6) is 0.556. The summed E-state index contributed by atoms with van der Waals surface area (Å²) in [6, 6.07) is 0. The minimum absolute atomic E-state index is 0.283. The van der Waals surface area contributed by atoms with Crippen molar-refractivity contribution in [2.45, 2.75) is 32.1 Å². The lowest BCUT2D eigenvalue weighted by atomic mass is 10.1. The first kappa shape index (κ1) is 13.2. The number of alkyl halides is 1. The van der Waals surface area contributed by atoms with Crippen LogP contribution < -0.4 is 0 Å². The highest BCUT2D eigenvalue weighted by Gasteiger charge is 2.08. The van der Waals surface area contributed by atoms with Gasteiger partial charge in [0.1, 0.15) is 0 Å². The van der Waals surface area contributed by atoms with Gasteiger partial charge in [0.2, 0.25) is 0 Å². The van der Waals surface area contributed by atoms with Gasteiger partial charge in [0.15, 0.2) is 0 Å². The molecule has 0 aromatic carbocycles. The summed E-state index contributed by atoms with van der Waals surface area (Å²) in [4.78, 5) is 0. The van der Waals surface area contributed by atoms with Gasteiger partial charge in [-0.2, -0.15) is 0 Å². The lowest BCUT2D eigenvalue weighted by Gasteiger charge is -2.12. The van der Waals surface area contributed by atoms with Crippen molar-refractivity contribution in [3.05, 3.63) is 0 Å². The van der Waals surface area contributed by atoms with Crippen molar-refractivity contribution < 1.29 is 9.47 Å². The summed E-state index contributed by atoms with van der Waals surface area (Å²) in [6.07, 6.45) is 2.07. The average molecular weight is 209 g/mol. The predicted molar refractivity (Wildman–Crippen MR) is 56.4 cm³/mol. The van der Waals surface area contributed by atoms with Gasteiger partial charge in [-0.15, -0.1) is 11.6 Å². The molecule has 0 radical (unpaired) electrons. The second-order valence-electron chi connectivity index (χ2n) is 3.51. The van der Waals surface area contributed by atoms with Gasteiger partial charge in [-0.3, -0.25) is 0 Å². The third kappa shape index (κ3) is 8.54. The van der Waals surface area contributed by atoms with Crippen molar-refractivity contribution in [2.75, 3.05) is 26.9 Å². The molecule has 0 aliphatic rings. The highest BCUT2D eigenvalue weighted by atomic mass is 35.5. The Hall–Kier alpha value is 0.210. The smallest absolute Gasteiger partial charge is 0.0700 e. The van der Waals surface area contributed by atoms with Crippen molar-refractivity contribution >= 4 is 11.6 Å². The van der Waals surface area contributed by atoms with Gasteiger partial charge in [0, 0.05) is 19.1 Å². The molecule has 0 heterocycles. The fraction of sp³-hybridized carbons (Fsp3) is 1.00. The molecule has 0 bridgehead atoms. The summed E-state index contributed by atoms with van der Waals surface area (Å²) in [5, 5.41) is 0.283. The molecule has 0 amide bonds. The number of methoxy groups -OCH3 is 1. The van der Waals surface area contributed by atoms with Crippen LogP contribution >= 0.6 is 11.6 Å². The first-order valence-electron chi connectivity index (χ1n) is 4.89. The van der Waals surface area contributed by atoms with Crippen LogP contribution in [0.15, 0.2) is 0 Å². The molecule has 13 heavy (non-hydrogen) atoms. The zero-order valence-electron chi connectivity index (χ0n) is 8.88. The molecule has 0 N–H and O–H groups in total. The van der Waals surface area contributed by atoms with Crippen molar-refractivity contribution in [3.8, 4) is 0 Å². The maximum atomic E-state index is 6.08. The van der Waals surface area contributed by atoms with E-state index in [-0.39, 0.29) is 5.38 Å². The van der Waals surface area contributed by atoms with Gasteiger partial charge < -0.3 is 9.47 Å². The Morgan fingerprint density at radius 2 is 1.85 bits per heavy atom. The van der Waals surface area contributed by atoms with Crippen LogP contribution in [0.2, 0.25) is 0 Å². The molecule has 0 fully saturated rings. The van der Waals surface area contributed by atoms with Crippen molar-refractivity contribution in [1.82, 2.24) is 0 Å². The summed E-state index contributed by atoms with van der Waals surface area (Å²) < 4.78 is 10.2. The van der Waals surface area contributed by atoms with Gasteiger partial charge in [0.25, 0.3) is 0 Å². The van der Waals surface area contributed by atoms with E-state index in [4.69, 9.17) is 21.1 Å². The zero-order valence-corrected chi connectivity index (χ0v) is 9.64. The first-order chi connectivity index (χ1) is 6.18. The van der Waals surface area contributed by atoms with Crippen LogP contribution in [0.25, 0.3) is 0 Å². The Kier molecular flexibility index (Phi) is 8.93.